The minimum atomic E-state index is -4.01. The number of hydrogen-bond acceptors (Lipinski definition) is 3. The summed E-state index contributed by atoms with van der Waals surface area (Å²) in [7, 11) is -4.01. The van der Waals surface area contributed by atoms with Crippen LogP contribution in [0.2, 0.25) is 0 Å². The molecular weight excluding hydrogens is 217 g/mol. The molecule has 84 valence electrons. The fourth-order valence-corrected chi connectivity index (χ4v) is 1.48. The van der Waals surface area contributed by atoms with Crippen molar-refractivity contribution in [2.45, 2.75) is 12.8 Å². The molecule has 1 rings (SSSR count). The van der Waals surface area contributed by atoms with Crippen LogP contribution in [0.3, 0.4) is 0 Å². The van der Waals surface area contributed by atoms with Gasteiger partial charge in [0.1, 0.15) is 6.35 Å². The summed E-state index contributed by atoms with van der Waals surface area (Å²) in [5.74, 6) is 0. The lowest BCUT2D eigenvalue weighted by Gasteiger charge is -2.05. The molecule has 0 bridgehead atoms. The van der Waals surface area contributed by atoms with E-state index in [-0.39, 0.29) is 0 Å². The van der Waals surface area contributed by atoms with Gasteiger partial charge in [-0.25, -0.2) is 0 Å². The largest absolute Gasteiger partial charge is 0.369 e. The maximum Gasteiger partial charge on any atom is 0.350 e. The first-order chi connectivity index (χ1) is 7.08. The van der Waals surface area contributed by atoms with Gasteiger partial charge in [0, 0.05) is 19.0 Å². The van der Waals surface area contributed by atoms with Crippen LogP contribution in [-0.2, 0) is 15.7 Å². The molecule has 0 radical (unpaired) electrons. The van der Waals surface area contributed by atoms with Crippen LogP contribution >= 0.6 is 7.60 Å². The van der Waals surface area contributed by atoms with Crippen molar-refractivity contribution in [2.75, 3.05) is 13.0 Å². The van der Waals surface area contributed by atoms with Crippen molar-refractivity contribution in [1.29, 1.82) is 0 Å². The normalized spacial score (nSPS) is 11.6. The molecule has 0 spiro atoms. The molecule has 2 N–H and O–H groups in total. The van der Waals surface area contributed by atoms with Crippen LogP contribution in [0.1, 0.15) is 12.0 Å². The SMILES string of the molecule is O=P(O)(O)COCCCc1ccncc1. The summed E-state index contributed by atoms with van der Waals surface area (Å²) in [6, 6.07) is 3.81. The van der Waals surface area contributed by atoms with E-state index >= 15 is 0 Å². The number of ether oxygens (including phenoxy) is 1. The standard InChI is InChI=1S/C9H14NO4P/c11-15(12,13)8-14-7-1-2-9-3-5-10-6-4-9/h3-6H,1-2,7-8H2,(H2,11,12,13). The molecule has 0 saturated carbocycles. The van der Waals surface area contributed by atoms with E-state index in [0.29, 0.717) is 6.61 Å². The highest BCUT2D eigenvalue weighted by molar-refractivity contribution is 7.51. The molecule has 0 unspecified atom stereocenters. The van der Waals surface area contributed by atoms with E-state index in [1.807, 2.05) is 12.1 Å². The van der Waals surface area contributed by atoms with Gasteiger partial charge in [-0.2, -0.15) is 0 Å². The second-order valence-corrected chi connectivity index (χ2v) is 4.75. The van der Waals surface area contributed by atoms with Crippen LogP contribution in [0.15, 0.2) is 24.5 Å². The quantitative estimate of drug-likeness (QED) is 0.567. The molecule has 0 saturated heterocycles. The Morgan fingerprint density at radius 3 is 2.60 bits per heavy atom. The van der Waals surface area contributed by atoms with Gasteiger partial charge in [-0.3, -0.25) is 9.55 Å². The van der Waals surface area contributed by atoms with Gasteiger partial charge in [0.25, 0.3) is 0 Å². The van der Waals surface area contributed by atoms with Gasteiger partial charge in [-0.1, -0.05) is 0 Å². The van der Waals surface area contributed by atoms with Gasteiger partial charge in [0.05, 0.1) is 0 Å². The number of rotatable bonds is 6. The summed E-state index contributed by atoms with van der Waals surface area (Å²) in [6.45, 7) is 0.355. The Hall–Kier alpha value is -0.740. The maximum absolute atomic E-state index is 10.4. The van der Waals surface area contributed by atoms with E-state index in [1.165, 1.54) is 0 Å². The lowest BCUT2D eigenvalue weighted by atomic mass is 10.1. The molecule has 1 aromatic rings. The van der Waals surface area contributed by atoms with E-state index in [2.05, 4.69) is 4.98 Å². The van der Waals surface area contributed by atoms with Crippen LogP contribution in [0, 0.1) is 0 Å². The van der Waals surface area contributed by atoms with Crippen molar-refractivity contribution in [3.05, 3.63) is 30.1 Å². The third-order valence-electron chi connectivity index (χ3n) is 1.76. The molecule has 0 fully saturated rings. The molecule has 5 nitrogen and oxygen atoms in total. The fraction of sp³-hybridized carbons (Fsp3) is 0.444. The Balaban J connectivity index is 2.10. The summed E-state index contributed by atoms with van der Waals surface area (Å²) in [5, 5.41) is 0. The summed E-state index contributed by atoms with van der Waals surface area (Å²) < 4.78 is 15.3. The molecule has 15 heavy (non-hydrogen) atoms. The van der Waals surface area contributed by atoms with Gasteiger partial charge in [-0.05, 0) is 30.5 Å². The first-order valence-corrected chi connectivity index (χ1v) is 6.39. The van der Waals surface area contributed by atoms with E-state index in [1.54, 1.807) is 12.4 Å². The fourth-order valence-electron chi connectivity index (χ4n) is 1.11. The smallest absolute Gasteiger partial charge is 0.350 e. The van der Waals surface area contributed by atoms with E-state index in [0.717, 1.165) is 18.4 Å². The highest BCUT2D eigenvalue weighted by Crippen LogP contribution is 2.33. The lowest BCUT2D eigenvalue weighted by molar-refractivity contribution is 0.154. The van der Waals surface area contributed by atoms with Gasteiger partial charge in [0.15, 0.2) is 0 Å². The minimum Gasteiger partial charge on any atom is -0.369 e. The predicted octanol–water partition coefficient (Wildman–Crippen LogP) is 1.17. The number of aryl methyl sites for hydroxylation is 1. The van der Waals surface area contributed by atoms with E-state index < -0.39 is 13.9 Å². The van der Waals surface area contributed by atoms with Crippen LogP contribution in [0.5, 0.6) is 0 Å². The molecule has 0 aromatic carbocycles. The maximum atomic E-state index is 10.4. The Morgan fingerprint density at radius 1 is 1.33 bits per heavy atom. The molecule has 0 amide bonds. The molecule has 0 aliphatic heterocycles. The monoisotopic (exact) mass is 231 g/mol. The Bertz CT molecular complexity index is 324. The molecular formula is C9H14NO4P. The van der Waals surface area contributed by atoms with E-state index in [4.69, 9.17) is 14.5 Å². The molecule has 1 aromatic heterocycles. The Labute approximate surface area is 88.3 Å². The summed E-state index contributed by atoms with van der Waals surface area (Å²) in [5.41, 5.74) is 1.14. The summed E-state index contributed by atoms with van der Waals surface area (Å²) in [4.78, 5) is 20.9. The molecule has 0 aliphatic rings. The average Bonchev–Trinajstić information content (AvgIpc) is 2.17. The number of hydrogen-bond donors (Lipinski definition) is 2. The number of nitrogens with zero attached hydrogens (tertiary/aromatic N) is 1. The van der Waals surface area contributed by atoms with Gasteiger partial charge >= 0.3 is 7.60 Å². The predicted molar refractivity (Wildman–Crippen MR) is 55.4 cm³/mol. The molecule has 6 heteroatoms. The summed E-state index contributed by atoms with van der Waals surface area (Å²) >= 11 is 0. The number of aromatic nitrogens is 1. The van der Waals surface area contributed by atoms with E-state index in [9.17, 15) is 4.57 Å². The van der Waals surface area contributed by atoms with Crippen LogP contribution in [0.25, 0.3) is 0 Å². The Kier molecular flexibility index (Phi) is 4.91. The molecule has 1 heterocycles. The first kappa shape index (κ1) is 12.3. The lowest BCUT2D eigenvalue weighted by Crippen LogP contribution is -1.99. The highest BCUT2D eigenvalue weighted by atomic mass is 31.2. The van der Waals surface area contributed by atoms with Gasteiger partial charge < -0.3 is 14.5 Å². The molecule has 0 aliphatic carbocycles. The molecule has 0 atom stereocenters. The zero-order valence-corrected chi connectivity index (χ0v) is 9.14. The summed E-state index contributed by atoms with van der Waals surface area (Å²) in [6.07, 6.45) is 4.49. The van der Waals surface area contributed by atoms with Crippen LogP contribution in [0.4, 0.5) is 0 Å². The van der Waals surface area contributed by atoms with Crippen LogP contribution in [-0.4, -0.2) is 27.7 Å². The Morgan fingerprint density at radius 2 is 2.00 bits per heavy atom. The van der Waals surface area contributed by atoms with Gasteiger partial charge in [-0.15, -0.1) is 0 Å². The second kappa shape index (κ2) is 5.98. The third-order valence-corrected chi connectivity index (χ3v) is 2.28. The highest BCUT2D eigenvalue weighted by Gasteiger charge is 2.11. The van der Waals surface area contributed by atoms with Crippen molar-refractivity contribution in [1.82, 2.24) is 4.98 Å². The average molecular weight is 231 g/mol. The van der Waals surface area contributed by atoms with Crippen molar-refractivity contribution < 1.29 is 19.1 Å². The number of pyridine rings is 1. The third kappa shape index (κ3) is 6.36. The van der Waals surface area contributed by atoms with Crippen molar-refractivity contribution in [3.8, 4) is 0 Å². The van der Waals surface area contributed by atoms with Gasteiger partial charge in [0.2, 0.25) is 0 Å². The zero-order chi connectivity index (χ0) is 11.1. The zero-order valence-electron chi connectivity index (χ0n) is 8.24. The van der Waals surface area contributed by atoms with Crippen LogP contribution < -0.4 is 0 Å². The van der Waals surface area contributed by atoms with Crippen molar-refractivity contribution in [2.24, 2.45) is 0 Å². The second-order valence-electron chi connectivity index (χ2n) is 3.16. The minimum absolute atomic E-state index is 0.355. The first-order valence-electron chi connectivity index (χ1n) is 4.59. The van der Waals surface area contributed by atoms with Crippen molar-refractivity contribution in [3.63, 3.8) is 0 Å². The topological polar surface area (TPSA) is 79.7 Å². The van der Waals surface area contributed by atoms with Crippen molar-refractivity contribution >= 4 is 7.60 Å².